The smallest absolute Gasteiger partial charge is 0.0785 e. The topological polar surface area (TPSA) is 16.3 Å². The molecule has 0 radical (unpaired) electrons. The van der Waals surface area contributed by atoms with Crippen molar-refractivity contribution in [2.24, 2.45) is 0 Å². The Morgan fingerprint density at radius 3 is 1.35 bits per heavy atom. The van der Waals surface area contributed by atoms with Crippen LogP contribution in [-0.4, -0.2) is 9.13 Å². The summed E-state index contributed by atoms with van der Waals surface area (Å²) < 4.78 is 5.08. The summed E-state index contributed by atoms with van der Waals surface area (Å²) in [4.78, 5) is 5.52. The monoisotopic (exact) mass is 1100 g/mol. The van der Waals surface area contributed by atoms with Crippen LogP contribution >= 0.6 is 0 Å². The Balaban J connectivity index is 1.04. The van der Waals surface area contributed by atoms with Gasteiger partial charge in [0.25, 0.3) is 0 Å². The van der Waals surface area contributed by atoms with Gasteiger partial charge in [-0.3, -0.25) is 0 Å². The van der Waals surface area contributed by atoms with E-state index in [1.54, 1.807) is 0 Å². The number of hydrogen-bond acceptors (Lipinski definition) is 2. The number of para-hydroxylation sites is 4. The first-order chi connectivity index (χ1) is 41.9. The van der Waals surface area contributed by atoms with Crippen molar-refractivity contribution in [1.29, 1.82) is 0 Å². The number of nitrogens with zero attached hydrogens (tertiary/aromatic N) is 4. The number of aromatic nitrogens is 2. The Labute approximate surface area is 499 Å². The van der Waals surface area contributed by atoms with Gasteiger partial charge in [-0.1, -0.05) is 160 Å². The highest BCUT2D eigenvalue weighted by Crippen LogP contribution is 2.55. The molecule has 12 aromatic carbocycles. The third-order valence-corrected chi connectivity index (χ3v) is 19.6. The van der Waals surface area contributed by atoms with E-state index in [1.165, 1.54) is 197 Å². The fraction of sp³-hybridized carbons (Fsp3) is 0.210. The first-order valence-corrected chi connectivity index (χ1v) is 31.6. The molecule has 0 fully saturated rings. The molecule has 0 saturated heterocycles. The molecule has 0 N–H and O–H groups in total. The first kappa shape index (κ1) is 51.5. The van der Waals surface area contributed by atoms with Crippen molar-refractivity contribution in [2.45, 2.75) is 112 Å². The third-order valence-electron chi connectivity index (χ3n) is 19.6. The highest BCUT2D eigenvalue weighted by atomic mass is 15.2. The largest absolute Gasteiger partial charge is 0.309 e. The lowest BCUT2D eigenvalue weighted by Gasteiger charge is -2.35. The fourth-order valence-corrected chi connectivity index (χ4v) is 16.0. The highest BCUT2D eigenvalue weighted by molar-refractivity contribution is 6.30. The van der Waals surface area contributed by atoms with E-state index in [4.69, 9.17) is 0 Å². The molecule has 85 heavy (non-hydrogen) atoms. The van der Waals surface area contributed by atoms with E-state index in [9.17, 15) is 0 Å². The summed E-state index contributed by atoms with van der Waals surface area (Å²) in [5.41, 5.74) is 27.6. The zero-order valence-electron chi connectivity index (χ0n) is 49.8. The average Bonchev–Trinajstić information content (AvgIpc) is 1.90. The van der Waals surface area contributed by atoms with Crippen LogP contribution in [0.3, 0.4) is 0 Å². The van der Waals surface area contributed by atoms with Gasteiger partial charge < -0.3 is 18.9 Å². The minimum Gasteiger partial charge on any atom is -0.309 e. The SMILES string of the molecule is CCCc1cc(N(c2cccc3c2CCCC3)c2c(C)cc3c4ccccc4n(-c4ccccc4)c3c2C)c2ccc3c(CCC)cc(N(c4cccc5c4CCCC5)c4c(C)ccc5c6ccccc6n(-c6ccccc6)c45)c4ccc1c2c34. The molecule has 0 atom stereocenters. The number of anilines is 6. The van der Waals surface area contributed by atoms with Crippen LogP contribution in [0.2, 0.25) is 0 Å². The van der Waals surface area contributed by atoms with E-state index < -0.39 is 0 Å². The molecule has 4 nitrogen and oxygen atoms in total. The Kier molecular flexibility index (Phi) is 12.5. The average molecular weight is 1100 g/mol. The lowest BCUT2D eigenvalue weighted by Crippen LogP contribution is -2.19. The molecule has 0 amide bonds. The second kappa shape index (κ2) is 20.6. The molecule has 2 aromatic heterocycles. The van der Waals surface area contributed by atoms with Gasteiger partial charge in [-0.2, -0.15) is 0 Å². The fourth-order valence-electron chi connectivity index (χ4n) is 16.0. The van der Waals surface area contributed by atoms with E-state index in [-0.39, 0.29) is 0 Å². The summed E-state index contributed by atoms with van der Waals surface area (Å²) >= 11 is 0. The molecule has 0 saturated carbocycles. The van der Waals surface area contributed by atoms with Crippen LogP contribution in [0.4, 0.5) is 34.1 Å². The predicted molar refractivity (Wildman–Crippen MR) is 364 cm³/mol. The van der Waals surface area contributed by atoms with Gasteiger partial charge in [-0.05, 0) is 223 Å². The normalized spacial score (nSPS) is 13.5. The van der Waals surface area contributed by atoms with Crippen LogP contribution in [0.25, 0.3) is 87.3 Å². The van der Waals surface area contributed by atoms with Crippen LogP contribution in [0.5, 0.6) is 0 Å². The number of rotatable bonds is 12. The van der Waals surface area contributed by atoms with Crippen LogP contribution in [0.1, 0.15) is 102 Å². The summed E-state index contributed by atoms with van der Waals surface area (Å²) in [7, 11) is 0. The van der Waals surface area contributed by atoms with Gasteiger partial charge in [0, 0.05) is 55.1 Å². The second-order valence-electron chi connectivity index (χ2n) is 24.7. The van der Waals surface area contributed by atoms with Gasteiger partial charge in [-0.15, -0.1) is 0 Å². The molecule has 16 rings (SSSR count). The van der Waals surface area contributed by atoms with Crippen molar-refractivity contribution in [3.63, 3.8) is 0 Å². The Hall–Kier alpha value is -9.12. The summed E-state index contributed by atoms with van der Waals surface area (Å²) in [6.07, 6.45) is 13.2. The molecular weight excluding hydrogens is 1030 g/mol. The molecule has 0 spiro atoms. The molecule has 2 aliphatic carbocycles. The Morgan fingerprint density at radius 2 is 0.812 bits per heavy atom. The molecule has 0 unspecified atom stereocenters. The number of fused-ring (bicyclic) bond motifs is 8. The third kappa shape index (κ3) is 7.94. The summed E-state index contributed by atoms with van der Waals surface area (Å²) in [5, 5.41) is 13.2. The van der Waals surface area contributed by atoms with Gasteiger partial charge in [-0.25, -0.2) is 0 Å². The van der Waals surface area contributed by atoms with Crippen molar-refractivity contribution >= 4 is 110 Å². The molecular formula is C81H72N4. The van der Waals surface area contributed by atoms with Crippen LogP contribution < -0.4 is 9.80 Å². The second-order valence-corrected chi connectivity index (χ2v) is 24.7. The quantitative estimate of drug-likeness (QED) is 0.113. The Bertz CT molecular complexity index is 4960. The number of benzene rings is 12. The van der Waals surface area contributed by atoms with E-state index in [0.29, 0.717) is 0 Å². The highest BCUT2D eigenvalue weighted by Gasteiger charge is 2.32. The summed E-state index contributed by atoms with van der Waals surface area (Å²) in [6, 6.07) is 77.2. The van der Waals surface area contributed by atoms with Gasteiger partial charge in [0.2, 0.25) is 0 Å². The molecule has 0 bridgehead atoms. The maximum atomic E-state index is 2.76. The predicted octanol–water partition coefficient (Wildman–Crippen LogP) is 22.3. The molecule has 0 aliphatic heterocycles. The standard InChI is InChI=1S/C81H72N4/c1-6-24-56-49-74(84(70-40-22-28-54-26-14-16-34-60(54)70)78-52(4)48-69-65-37-19-21-39-73(65)82(80(69)53(78)5)58-30-10-8-11-31-58)67-46-44-63-57(25-7-2)50-75(68-47-45-62(56)76(67)77(63)68)85(71-41-23-29-55-27-15-17-35-61(55)71)79-51(3)42-43-66-64-36-18-20-38-72(64)83(81(66)79)59-32-12-9-13-33-59/h8-13,18-23,28-33,36-50H,6-7,14-17,24-27,34-35H2,1-5H3. The van der Waals surface area contributed by atoms with E-state index in [0.717, 1.165) is 51.4 Å². The van der Waals surface area contributed by atoms with Crippen LogP contribution in [0.15, 0.2) is 200 Å². The van der Waals surface area contributed by atoms with Crippen molar-refractivity contribution in [2.75, 3.05) is 9.80 Å². The van der Waals surface area contributed by atoms with Crippen LogP contribution in [0, 0.1) is 20.8 Å². The van der Waals surface area contributed by atoms with Gasteiger partial charge in [0.05, 0.1) is 44.8 Å². The first-order valence-electron chi connectivity index (χ1n) is 31.6. The van der Waals surface area contributed by atoms with E-state index in [2.05, 4.69) is 254 Å². The van der Waals surface area contributed by atoms with Gasteiger partial charge in [0.1, 0.15) is 0 Å². The lowest BCUT2D eigenvalue weighted by molar-refractivity contribution is 0.686. The van der Waals surface area contributed by atoms with Gasteiger partial charge >= 0.3 is 0 Å². The summed E-state index contributed by atoms with van der Waals surface area (Å²) in [6.45, 7) is 11.9. The summed E-state index contributed by atoms with van der Waals surface area (Å²) in [5.74, 6) is 0. The van der Waals surface area contributed by atoms with Crippen LogP contribution in [-0.2, 0) is 38.5 Å². The maximum absolute atomic E-state index is 2.76. The molecule has 2 aliphatic rings. The van der Waals surface area contributed by atoms with Crippen molar-refractivity contribution in [1.82, 2.24) is 9.13 Å². The molecule has 2 heterocycles. The maximum Gasteiger partial charge on any atom is 0.0785 e. The molecule has 14 aromatic rings. The van der Waals surface area contributed by atoms with Crippen molar-refractivity contribution in [3.05, 3.63) is 250 Å². The Morgan fingerprint density at radius 1 is 0.353 bits per heavy atom. The van der Waals surface area contributed by atoms with E-state index >= 15 is 0 Å². The minimum atomic E-state index is 0.972. The van der Waals surface area contributed by atoms with Crippen molar-refractivity contribution in [3.8, 4) is 11.4 Å². The lowest BCUT2D eigenvalue weighted by atomic mass is 9.85. The molecule has 4 heteroatoms. The zero-order valence-corrected chi connectivity index (χ0v) is 49.8. The minimum absolute atomic E-state index is 0.972. The van der Waals surface area contributed by atoms with E-state index in [1.807, 2.05) is 0 Å². The number of aryl methyl sites for hydroxylation is 7. The number of hydrogen-bond donors (Lipinski definition) is 0. The molecule has 416 valence electrons. The zero-order chi connectivity index (χ0) is 57.0. The van der Waals surface area contributed by atoms with Crippen molar-refractivity contribution < 1.29 is 0 Å². The van der Waals surface area contributed by atoms with Gasteiger partial charge in [0.15, 0.2) is 0 Å².